The Morgan fingerprint density at radius 1 is 1.44 bits per heavy atom. The van der Waals surface area contributed by atoms with Crippen LogP contribution in [0.2, 0.25) is 0 Å². The highest BCUT2D eigenvalue weighted by Crippen LogP contribution is 2.42. The molecule has 102 valence electrons. The van der Waals surface area contributed by atoms with Crippen molar-refractivity contribution in [1.82, 2.24) is 10.1 Å². The maximum Gasteiger partial charge on any atom is 0.229 e. The Balaban J connectivity index is 1.95. The van der Waals surface area contributed by atoms with Gasteiger partial charge in [0.15, 0.2) is 0 Å². The number of rotatable bonds is 8. The monoisotopic (exact) mass is 254 g/mol. The minimum atomic E-state index is -0.394. The first-order chi connectivity index (χ1) is 8.74. The Bertz CT molecular complexity index is 363. The second-order valence-electron chi connectivity index (χ2n) is 4.91. The Morgan fingerprint density at radius 3 is 2.83 bits per heavy atom. The smallest absolute Gasteiger partial charge is 0.229 e. The molecule has 1 saturated carbocycles. The third kappa shape index (κ3) is 3.53. The largest absolute Gasteiger partial charge is 0.393 e. The summed E-state index contributed by atoms with van der Waals surface area (Å²) in [6, 6.07) is 0. The lowest BCUT2D eigenvalue weighted by atomic mass is 10.1. The van der Waals surface area contributed by atoms with Crippen molar-refractivity contribution in [1.29, 1.82) is 0 Å². The summed E-state index contributed by atoms with van der Waals surface area (Å²) in [5.41, 5.74) is 0. The summed E-state index contributed by atoms with van der Waals surface area (Å²) in [4.78, 5) is 4.35. The molecule has 0 aliphatic heterocycles. The SMILES string of the molecule is CCCC(O)Cc1nc(C(OCC)C2CC2)no1. The fourth-order valence-electron chi connectivity index (χ4n) is 2.10. The lowest BCUT2D eigenvalue weighted by molar-refractivity contribution is 0.0384. The fraction of sp³-hybridized carbons (Fsp3) is 0.846. The van der Waals surface area contributed by atoms with Crippen molar-refractivity contribution in [2.45, 2.75) is 58.2 Å². The van der Waals surface area contributed by atoms with Crippen LogP contribution in [-0.2, 0) is 11.2 Å². The molecule has 5 heteroatoms. The fourth-order valence-corrected chi connectivity index (χ4v) is 2.10. The van der Waals surface area contributed by atoms with E-state index >= 15 is 0 Å². The summed E-state index contributed by atoms with van der Waals surface area (Å²) in [7, 11) is 0. The first kappa shape index (κ1) is 13.5. The van der Waals surface area contributed by atoms with Gasteiger partial charge in [0.2, 0.25) is 11.7 Å². The maximum absolute atomic E-state index is 9.72. The molecular formula is C13H22N2O3. The van der Waals surface area contributed by atoms with Crippen molar-refractivity contribution < 1.29 is 14.4 Å². The van der Waals surface area contributed by atoms with E-state index in [0.717, 1.165) is 12.8 Å². The molecule has 1 aromatic rings. The Hall–Kier alpha value is -0.940. The molecule has 0 spiro atoms. The van der Waals surface area contributed by atoms with E-state index in [1.165, 1.54) is 12.8 Å². The molecule has 1 aliphatic carbocycles. The van der Waals surface area contributed by atoms with E-state index in [0.29, 0.717) is 30.7 Å². The molecule has 1 aromatic heterocycles. The first-order valence-corrected chi connectivity index (χ1v) is 6.86. The molecule has 2 unspecified atom stereocenters. The van der Waals surface area contributed by atoms with Gasteiger partial charge in [0.05, 0.1) is 12.5 Å². The van der Waals surface area contributed by atoms with E-state index in [-0.39, 0.29) is 6.10 Å². The molecule has 0 radical (unpaired) electrons. The zero-order chi connectivity index (χ0) is 13.0. The normalized spacial score (nSPS) is 18.8. The summed E-state index contributed by atoms with van der Waals surface area (Å²) in [6.45, 7) is 4.67. The van der Waals surface area contributed by atoms with Gasteiger partial charge in [0.1, 0.15) is 6.10 Å². The van der Waals surface area contributed by atoms with Crippen LogP contribution in [0.3, 0.4) is 0 Å². The molecule has 1 heterocycles. The van der Waals surface area contributed by atoms with Crippen LogP contribution in [0.4, 0.5) is 0 Å². The van der Waals surface area contributed by atoms with Gasteiger partial charge in [-0.05, 0) is 32.1 Å². The average molecular weight is 254 g/mol. The molecule has 2 atom stereocenters. The van der Waals surface area contributed by atoms with E-state index in [1.54, 1.807) is 0 Å². The van der Waals surface area contributed by atoms with Crippen molar-refractivity contribution >= 4 is 0 Å². The minimum Gasteiger partial charge on any atom is -0.393 e. The van der Waals surface area contributed by atoms with Crippen LogP contribution in [0.15, 0.2) is 4.52 Å². The number of aliphatic hydroxyl groups is 1. The summed E-state index contributed by atoms with van der Waals surface area (Å²) >= 11 is 0. The molecular weight excluding hydrogens is 232 g/mol. The molecule has 2 rings (SSSR count). The summed E-state index contributed by atoms with van der Waals surface area (Å²) in [6.07, 6.45) is 4.07. The van der Waals surface area contributed by atoms with E-state index in [4.69, 9.17) is 9.26 Å². The molecule has 18 heavy (non-hydrogen) atoms. The molecule has 0 saturated heterocycles. The second kappa shape index (κ2) is 6.29. The topological polar surface area (TPSA) is 68.4 Å². The number of nitrogens with zero attached hydrogens (tertiary/aromatic N) is 2. The summed E-state index contributed by atoms with van der Waals surface area (Å²) < 4.78 is 10.9. The predicted molar refractivity (Wildman–Crippen MR) is 66.0 cm³/mol. The maximum atomic E-state index is 9.72. The molecule has 0 bridgehead atoms. The lowest BCUT2D eigenvalue weighted by Gasteiger charge is -2.11. The van der Waals surface area contributed by atoms with Gasteiger partial charge in [-0.3, -0.25) is 0 Å². The van der Waals surface area contributed by atoms with Crippen LogP contribution in [0.1, 0.15) is 57.3 Å². The minimum absolute atomic E-state index is 0.0317. The quantitative estimate of drug-likeness (QED) is 0.770. The third-order valence-electron chi connectivity index (χ3n) is 3.17. The van der Waals surface area contributed by atoms with E-state index in [9.17, 15) is 5.11 Å². The van der Waals surface area contributed by atoms with Crippen LogP contribution >= 0.6 is 0 Å². The number of aromatic nitrogens is 2. The highest BCUT2D eigenvalue weighted by Gasteiger charge is 2.36. The second-order valence-corrected chi connectivity index (χ2v) is 4.91. The molecule has 5 nitrogen and oxygen atoms in total. The first-order valence-electron chi connectivity index (χ1n) is 6.86. The lowest BCUT2D eigenvalue weighted by Crippen LogP contribution is -2.11. The molecule has 0 amide bonds. The van der Waals surface area contributed by atoms with Crippen molar-refractivity contribution in [3.8, 4) is 0 Å². The van der Waals surface area contributed by atoms with Crippen molar-refractivity contribution in [2.24, 2.45) is 5.92 Å². The van der Waals surface area contributed by atoms with Gasteiger partial charge in [-0.2, -0.15) is 4.98 Å². The molecule has 1 aliphatic rings. The average Bonchev–Trinajstić information content (AvgIpc) is 3.07. The van der Waals surface area contributed by atoms with Crippen LogP contribution in [-0.4, -0.2) is 28.0 Å². The van der Waals surface area contributed by atoms with Crippen LogP contribution < -0.4 is 0 Å². The summed E-state index contributed by atoms with van der Waals surface area (Å²) in [5, 5.41) is 13.7. The highest BCUT2D eigenvalue weighted by atomic mass is 16.5. The van der Waals surface area contributed by atoms with Gasteiger partial charge in [-0.15, -0.1) is 0 Å². The highest BCUT2D eigenvalue weighted by molar-refractivity contribution is 4.98. The standard InChI is InChI=1S/C13H22N2O3/c1-3-5-10(16)8-11-14-13(15-18-11)12(17-4-2)9-6-7-9/h9-10,12,16H,3-8H2,1-2H3. The zero-order valence-corrected chi connectivity index (χ0v) is 11.1. The Kier molecular flexibility index (Phi) is 4.72. The van der Waals surface area contributed by atoms with Gasteiger partial charge in [0, 0.05) is 6.61 Å². The van der Waals surface area contributed by atoms with Crippen LogP contribution in [0.25, 0.3) is 0 Å². The van der Waals surface area contributed by atoms with E-state index in [1.807, 2.05) is 13.8 Å². The number of hydrogen-bond donors (Lipinski definition) is 1. The van der Waals surface area contributed by atoms with Crippen LogP contribution in [0, 0.1) is 5.92 Å². The molecule has 1 fully saturated rings. The van der Waals surface area contributed by atoms with E-state index in [2.05, 4.69) is 10.1 Å². The number of aliphatic hydroxyl groups excluding tert-OH is 1. The van der Waals surface area contributed by atoms with E-state index < -0.39 is 6.10 Å². The third-order valence-corrected chi connectivity index (χ3v) is 3.17. The zero-order valence-electron chi connectivity index (χ0n) is 11.1. The molecule has 1 N–H and O–H groups in total. The predicted octanol–water partition coefficient (Wildman–Crippen LogP) is 2.26. The van der Waals surface area contributed by atoms with Gasteiger partial charge in [-0.1, -0.05) is 18.5 Å². The van der Waals surface area contributed by atoms with Crippen molar-refractivity contribution in [2.75, 3.05) is 6.61 Å². The van der Waals surface area contributed by atoms with Gasteiger partial charge < -0.3 is 14.4 Å². The van der Waals surface area contributed by atoms with Crippen LogP contribution in [0.5, 0.6) is 0 Å². The van der Waals surface area contributed by atoms with Crippen molar-refractivity contribution in [3.05, 3.63) is 11.7 Å². The van der Waals surface area contributed by atoms with Gasteiger partial charge >= 0.3 is 0 Å². The van der Waals surface area contributed by atoms with Crippen molar-refractivity contribution in [3.63, 3.8) is 0 Å². The van der Waals surface area contributed by atoms with Gasteiger partial charge in [-0.25, -0.2) is 0 Å². The Morgan fingerprint density at radius 2 is 2.22 bits per heavy atom. The number of ether oxygens (including phenoxy) is 1. The van der Waals surface area contributed by atoms with Gasteiger partial charge in [0.25, 0.3) is 0 Å². The summed E-state index contributed by atoms with van der Waals surface area (Å²) in [5.74, 6) is 1.69. The Labute approximate surface area is 108 Å². The number of hydrogen-bond acceptors (Lipinski definition) is 5. The molecule has 0 aromatic carbocycles.